The number of carbonyl (C=O) groups excluding carboxylic acids is 2. The summed E-state index contributed by atoms with van der Waals surface area (Å²) in [5, 5.41) is 8.86. The van der Waals surface area contributed by atoms with E-state index in [1.54, 1.807) is 24.3 Å². The van der Waals surface area contributed by atoms with E-state index in [1.165, 1.54) is 13.2 Å². The molecule has 0 spiro atoms. The van der Waals surface area contributed by atoms with Gasteiger partial charge in [-0.05, 0) is 69.2 Å². The zero-order chi connectivity index (χ0) is 21.8. The van der Waals surface area contributed by atoms with Crippen molar-refractivity contribution in [1.29, 1.82) is 0 Å². The van der Waals surface area contributed by atoms with Crippen LogP contribution in [0.15, 0.2) is 45.8 Å². The summed E-state index contributed by atoms with van der Waals surface area (Å²) in [6, 6.07) is 10.6. The van der Waals surface area contributed by atoms with Crippen LogP contribution in [0.2, 0.25) is 5.02 Å². The summed E-state index contributed by atoms with van der Waals surface area (Å²) in [6.07, 6.45) is 1.50. The summed E-state index contributed by atoms with van der Waals surface area (Å²) in [5.41, 5.74) is 1.50. The number of hydrogen-bond donors (Lipinski definition) is 1. The van der Waals surface area contributed by atoms with Gasteiger partial charge in [-0.25, -0.2) is 0 Å². The minimum Gasteiger partial charge on any atom is -0.493 e. The fourth-order valence-electron chi connectivity index (χ4n) is 2.62. The maximum absolute atomic E-state index is 12.3. The van der Waals surface area contributed by atoms with E-state index in [4.69, 9.17) is 26.2 Å². The van der Waals surface area contributed by atoms with Crippen molar-refractivity contribution in [3.8, 4) is 11.5 Å². The smallest absolute Gasteiger partial charge is 0.323 e. The SMILES string of the molecule is COc1cc(/C=C2/SC(=O)N(CC(=O)O)C2=O)cc(Br)c1OCc1ccc(Cl)cc1. The molecule has 7 nitrogen and oxygen atoms in total. The Bertz CT molecular complexity index is 1040. The van der Waals surface area contributed by atoms with Crippen molar-refractivity contribution in [3.63, 3.8) is 0 Å². The van der Waals surface area contributed by atoms with Gasteiger partial charge in [-0.2, -0.15) is 0 Å². The van der Waals surface area contributed by atoms with Crippen LogP contribution in [0.3, 0.4) is 0 Å². The lowest BCUT2D eigenvalue weighted by atomic mass is 10.1. The molecule has 2 aromatic carbocycles. The largest absolute Gasteiger partial charge is 0.493 e. The van der Waals surface area contributed by atoms with Gasteiger partial charge in [-0.3, -0.25) is 19.3 Å². The number of aliphatic carboxylic acids is 1. The van der Waals surface area contributed by atoms with Gasteiger partial charge in [0.15, 0.2) is 11.5 Å². The number of methoxy groups -OCH3 is 1. The predicted molar refractivity (Wildman–Crippen MR) is 117 cm³/mol. The Morgan fingerprint density at radius 1 is 1.27 bits per heavy atom. The molecule has 3 rings (SSSR count). The van der Waals surface area contributed by atoms with E-state index in [-0.39, 0.29) is 4.91 Å². The lowest BCUT2D eigenvalue weighted by Crippen LogP contribution is -2.33. The molecule has 0 radical (unpaired) electrons. The van der Waals surface area contributed by atoms with Crippen LogP contribution in [0, 0.1) is 0 Å². The van der Waals surface area contributed by atoms with Crippen LogP contribution in [-0.4, -0.2) is 40.8 Å². The fraction of sp³-hybridized carbons (Fsp3) is 0.150. The Kier molecular flexibility index (Phi) is 7.06. The highest BCUT2D eigenvalue weighted by Crippen LogP contribution is 2.39. The van der Waals surface area contributed by atoms with E-state index < -0.39 is 23.7 Å². The molecule has 0 aromatic heterocycles. The minimum atomic E-state index is -1.26. The number of amides is 2. The van der Waals surface area contributed by atoms with Crippen molar-refractivity contribution < 1.29 is 29.0 Å². The normalized spacial score (nSPS) is 15.0. The number of halogens is 2. The average molecular weight is 513 g/mol. The third kappa shape index (κ3) is 5.16. The molecule has 1 N–H and O–H groups in total. The second kappa shape index (κ2) is 9.55. The van der Waals surface area contributed by atoms with Gasteiger partial charge in [0, 0.05) is 5.02 Å². The first kappa shape index (κ1) is 22.2. The number of nitrogens with zero attached hydrogens (tertiary/aromatic N) is 1. The Morgan fingerprint density at radius 2 is 1.97 bits per heavy atom. The van der Waals surface area contributed by atoms with Crippen LogP contribution in [0.25, 0.3) is 6.08 Å². The monoisotopic (exact) mass is 511 g/mol. The van der Waals surface area contributed by atoms with E-state index in [0.717, 1.165) is 5.56 Å². The van der Waals surface area contributed by atoms with Crippen LogP contribution < -0.4 is 9.47 Å². The lowest BCUT2D eigenvalue weighted by Gasteiger charge is -2.14. The molecule has 0 aliphatic carbocycles. The van der Waals surface area contributed by atoms with Crippen LogP contribution in [0.1, 0.15) is 11.1 Å². The van der Waals surface area contributed by atoms with Crippen molar-refractivity contribution in [1.82, 2.24) is 4.90 Å². The van der Waals surface area contributed by atoms with Crippen molar-refractivity contribution in [2.75, 3.05) is 13.7 Å². The lowest BCUT2D eigenvalue weighted by molar-refractivity contribution is -0.140. The molecule has 2 amide bonds. The number of rotatable bonds is 7. The van der Waals surface area contributed by atoms with Gasteiger partial charge in [0.25, 0.3) is 11.1 Å². The topological polar surface area (TPSA) is 93.1 Å². The molecule has 1 fully saturated rings. The molecular formula is C20H15BrClNO6S. The van der Waals surface area contributed by atoms with E-state index in [0.29, 0.717) is 49.8 Å². The molecule has 30 heavy (non-hydrogen) atoms. The van der Waals surface area contributed by atoms with Gasteiger partial charge < -0.3 is 14.6 Å². The molecule has 10 heteroatoms. The zero-order valence-corrected chi connectivity index (χ0v) is 18.7. The number of ether oxygens (including phenoxy) is 2. The molecule has 0 unspecified atom stereocenters. The Morgan fingerprint density at radius 3 is 2.60 bits per heavy atom. The molecular weight excluding hydrogens is 498 g/mol. The number of imide groups is 1. The van der Waals surface area contributed by atoms with Crippen LogP contribution >= 0.6 is 39.3 Å². The first-order chi connectivity index (χ1) is 14.3. The summed E-state index contributed by atoms with van der Waals surface area (Å²) >= 11 is 10.0. The predicted octanol–water partition coefficient (Wildman–Crippen LogP) is 4.81. The van der Waals surface area contributed by atoms with Gasteiger partial charge in [-0.15, -0.1) is 0 Å². The first-order valence-corrected chi connectivity index (χ1v) is 10.5. The molecule has 0 bridgehead atoms. The van der Waals surface area contributed by atoms with Gasteiger partial charge in [0.05, 0.1) is 16.5 Å². The highest BCUT2D eigenvalue weighted by atomic mass is 79.9. The molecule has 1 saturated heterocycles. The minimum absolute atomic E-state index is 0.130. The zero-order valence-electron chi connectivity index (χ0n) is 15.6. The number of carbonyl (C=O) groups is 3. The molecule has 156 valence electrons. The molecule has 1 aliphatic rings. The standard InChI is InChI=1S/C20H15BrClNO6S/c1-28-15-7-12(8-16-19(26)23(9-17(24)25)20(27)30-16)6-14(21)18(15)29-10-11-2-4-13(22)5-3-11/h2-8H,9-10H2,1H3,(H,24,25)/b16-8+. The third-order valence-corrected chi connectivity index (χ3v) is 5.76. The molecule has 1 heterocycles. The fourth-order valence-corrected chi connectivity index (χ4v) is 4.16. The Hall–Kier alpha value is -2.49. The number of carboxylic acids is 1. The summed E-state index contributed by atoms with van der Waals surface area (Å²) in [5.74, 6) is -1.01. The number of benzene rings is 2. The maximum atomic E-state index is 12.3. The number of hydrogen-bond acceptors (Lipinski definition) is 6. The summed E-state index contributed by atoms with van der Waals surface area (Å²) in [4.78, 5) is 35.9. The summed E-state index contributed by atoms with van der Waals surface area (Å²) in [7, 11) is 1.49. The second-order valence-corrected chi connectivity index (χ2v) is 8.39. The van der Waals surface area contributed by atoms with Crippen molar-refractivity contribution >= 4 is 62.5 Å². The Labute approximate surface area is 189 Å². The second-order valence-electron chi connectivity index (χ2n) is 6.11. The number of thioether (sulfide) groups is 1. The summed E-state index contributed by atoms with van der Waals surface area (Å²) in [6.45, 7) is -0.383. The van der Waals surface area contributed by atoms with E-state index >= 15 is 0 Å². The van der Waals surface area contributed by atoms with Crippen LogP contribution in [0.5, 0.6) is 11.5 Å². The van der Waals surface area contributed by atoms with E-state index in [1.807, 2.05) is 12.1 Å². The van der Waals surface area contributed by atoms with Gasteiger partial charge in [0.2, 0.25) is 0 Å². The van der Waals surface area contributed by atoms with E-state index in [9.17, 15) is 14.4 Å². The first-order valence-electron chi connectivity index (χ1n) is 8.50. The van der Waals surface area contributed by atoms with Crippen molar-refractivity contribution in [2.45, 2.75) is 6.61 Å². The van der Waals surface area contributed by atoms with Crippen LogP contribution in [0.4, 0.5) is 4.79 Å². The molecule has 0 atom stereocenters. The maximum Gasteiger partial charge on any atom is 0.323 e. The van der Waals surface area contributed by atoms with Gasteiger partial charge in [-0.1, -0.05) is 23.7 Å². The van der Waals surface area contributed by atoms with Gasteiger partial charge >= 0.3 is 5.97 Å². The van der Waals surface area contributed by atoms with Crippen molar-refractivity contribution in [2.24, 2.45) is 0 Å². The third-order valence-electron chi connectivity index (χ3n) is 4.01. The quantitative estimate of drug-likeness (QED) is 0.532. The molecule has 2 aromatic rings. The van der Waals surface area contributed by atoms with Crippen LogP contribution in [-0.2, 0) is 16.2 Å². The summed E-state index contributed by atoms with van der Waals surface area (Å²) < 4.78 is 11.9. The van der Waals surface area contributed by atoms with Gasteiger partial charge in [0.1, 0.15) is 13.2 Å². The van der Waals surface area contributed by atoms with Crippen molar-refractivity contribution in [3.05, 3.63) is 61.9 Å². The average Bonchev–Trinajstić information content (AvgIpc) is 2.95. The molecule has 1 aliphatic heterocycles. The Balaban J connectivity index is 1.82. The highest BCUT2D eigenvalue weighted by Gasteiger charge is 2.36. The highest BCUT2D eigenvalue weighted by molar-refractivity contribution is 9.10. The molecule has 0 saturated carbocycles. The van der Waals surface area contributed by atoms with E-state index in [2.05, 4.69) is 15.9 Å². The number of carboxylic acid groups (broad SMARTS) is 1.